The Kier molecular flexibility index (Phi) is 7.36. The van der Waals surface area contributed by atoms with E-state index in [1.54, 1.807) is 0 Å². The van der Waals surface area contributed by atoms with Gasteiger partial charge in [-0.15, -0.1) is 0 Å². The second kappa shape index (κ2) is 9.30. The number of hydrogen-bond donors (Lipinski definition) is 2. The van der Waals surface area contributed by atoms with Gasteiger partial charge < -0.3 is 15.5 Å². The van der Waals surface area contributed by atoms with Crippen LogP contribution >= 0.6 is 11.8 Å². The highest BCUT2D eigenvalue weighted by atomic mass is 32.2. The van der Waals surface area contributed by atoms with Gasteiger partial charge in [0.1, 0.15) is 0 Å². The molecule has 0 aromatic carbocycles. The molecule has 2 saturated heterocycles. The molecular formula is C15H27N3O2S. The summed E-state index contributed by atoms with van der Waals surface area (Å²) in [5.74, 6) is 2.57. The van der Waals surface area contributed by atoms with Gasteiger partial charge in [-0.05, 0) is 19.3 Å². The molecule has 6 heteroatoms. The maximum absolute atomic E-state index is 11.8. The topological polar surface area (TPSA) is 61.4 Å². The van der Waals surface area contributed by atoms with E-state index in [2.05, 4.69) is 10.6 Å². The number of nitrogens with one attached hydrogen (secondary N) is 2. The van der Waals surface area contributed by atoms with Gasteiger partial charge in [-0.3, -0.25) is 9.59 Å². The van der Waals surface area contributed by atoms with Crippen molar-refractivity contribution >= 4 is 23.6 Å². The zero-order valence-corrected chi connectivity index (χ0v) is 13.6. The molecule has 1 unspecified atom stereocenters. The zero-order valence-electron chi connectivity index (χ0n) is 12.7. The molecule has 2 rings (SSSR count). The summed E-state index contributed by atoms with van der Waals surface area (Å²) in [4.78, 5) is 25.6. The lowest BCUT2D eigenvalue weighted by atomic mass is 10.2. The Hall–Kier alpha value is -0.750. The van der Waals surface area contributed by atoms with Crippen LogP contribution in [0.2, 0.25) is 0 Å². The molecule has 1 atom stereocenters. The molecule has 0 bridgehead atoms. The molecule has 0 spiro atoms. The SMILES string of the molecule is O=C(CC1CSCCN1)NCCCN1CCCCCC1=O. The fourth-order valence-electron chi connectivity index (χ4n) is 2.82. The average Bonchev–Trinajstić information content (AvgIpc) is 2.69. The molecule has 0 aliphatic carbocycles. The fraction of sp³-hybridized carbons (Fsp3) is 0.867. The number of carbonyl (C=O) groups excluding carboxylic acids is 2. The number of amides is 2. The van der Waals surface area contributed by atoms with Crippen molar-refractivity contribution in [2.45, 2.75) is 44.6 Å². The number of carbonyl (C=O) groups is 2. The monoisotopic (exact) mass is 313 g/mol. The Bertz CT molecular complexity index is 346. The van der Waals surface area contributed by atoms with Crippen molar-refractivity contribution in [3.05, 3.63) is 0 Å². The number of rotatable bonds is 6. The highest BCUT2D eigenvalue weighted by molar-refractivity contribution is 7.99. The van der Waals surface area contributed by atoms with E-state index in [1.165, 1.54) is 0 Å². The summed E-state index contributed by atoms with van der Waals surface area (Å²) < 4.78 is 0. The van der Waals surface area contributed by atoms with Crippen LogP contribution in [0, 0.1) is 0 Å². The molecule has 0 aromatic heterocycles. The molecule has 0 saturated carbocycles. The quantitative estimate of drug-likeness (QED) is 0.718. The summed E-state index contributed by atoms with van der Waals surface area (Å²) in [5, 5.41) is 6.34. The molecule has 5 nitrogen and oxygen atoms in total. The van der Waals surface area contributed by atoms with E-state index in [9.17, 15) is 9.59 Å². The third-order valence-corrected chi connectivity index (χ3v) is 5.16. The molecule has 2 aliphatic rings. The number of hydrogen-bond acceptors (Lipinski definition) is 4. The molecule has 2 heterocycles. The van der Waals surface area contributed by atoms with Gasteiger partial charge in [-0.1, -0.05) is 6.42 Å². The lowest BCUT2D eigenvalue weighted by molar-refractivity contribution is -0.130. The molecule has 0 aromatic rings. The Morgan fingerprint density at radius 2 is 2.29 bits per heavy atom. The molecule has 2 amide bonds. The number of nitrogens with zero attached hydrogens (tertiary/aromatic N) is 1. The van der Waals surface area contributed by atoms with Gasteiger partial charge in [-0.2, -0.15) is 11.8 Å². The number of likely N-dealkylation sites (tertiary alicyclic amines) is 1. The normalized spacial score (nSPS) is 23.7. The first-order valence-corrected chi connectivity index (χ1v) is 9.27. The molecule has 2 fully saturated rings. The van der Waals surface area contributed by atoms with E-state index in [-0.39, 0.29) is 11.8 Å². The maximum Gasteiger partial charge on any atom is 0.222 e. The Balaban J connectivity index is 1.55. The van der Waals surface area contributed by atoms with Crippen LogP contribution in [0.5, 0.6) is 0 Å². The summed E-state index contributed by atoms with van der Waals surface area (Å²) >= 11 is 1.91. The summed E-state index contributed by atoms with van der Waals surface area (Å²) in [7, 11) is 0. The second-order valence-corrected chi connectivity index (χ2v) is 6.97. The molecule has 21 heavy (non-hydrogen) atoms. The maximum atomic E-state index is 11.8. The van der Waals surface area contributed by atoms with Crippen LogP contribution in [0.25, 0.3) is 0 Å². The van der Waals surface area contributed by atoms with E-state index in [4.69, 9.17) is 0 Å². The van der Waals surface area contributed by atoms with Crippen molar-refractivity contribution in [3.63, 3.8) is 0 Å². The smallest absolute Gasteiger partial charge is 0.222 e. The summed E-state index contributed by atoms with van der Waals surface area (Å²) in [6.07, 6.45) is 5.41. The van der Waals surface area contributed by atoms with E-state index in [1.807, 2.05) is 16.7 Å². The first-order valence-electron chi connectivity index (χ1n) is 8.11. The van der Waals surface area contributed by atoms with E-state index in [0.29, 0.717) is 25.4 Å². The van der Waals surface area contributed by atoms with Crippen molar-refractivity contribution in [1.82, 2.24) is 15.5 Å². The number of thioether (sulfide) groups is 1. The first kappa shape index (κ1) is 16.6. The molecule has 120 valence electrons. The van der Waals surface area contributed by atoms with Gasteiger partial charge in [0.05, 0.1) is 0 Å². The minimum Gasteiger partial charge on any atom is -0.356 e. The highest BCUT2D eigenvalue weighted by Gasteiger charge is 2.17. The van der Waals surface area contributed by atoms with E-state index < -0.39 is 0 Å². The van der Waals surface area contributed by atoms with Crippen molar-refractivity contribution < 1.29 is 9.59 Å². The highest BCUT2D eigenvalue weighted by Crippen LogP contribution is 2.11. The third-order valence-electron chi connectivity index (χ3n) is 4.03. The Morgan fingerprint density at radius 1 is 1.38 bits per heavy atom. The van der Waals surface area contributed by atoms with Crippen molar-refractivity contribution in [1.29, 1.82) is 0 Å². The van der Waals surface area contributed by atoms with Crippen LogP contribution in [0.3, 0.4) is 0 Å². The predicted molar refractivity (Wildman–Crippen MR) is 86.4 cm³/mol. The molecular weight excluding hydrogens is 286 g/mol. The van der Waals surface area contributed by atoms with E-state index in [0.717, 1.165) is 56.8 Å². The van der Waals surface area contributed by atoms with Gasteiger partial charge >= 0.3 is 0 Å². The summed E-state index contributed by atoms with van der Waals surface area (Å²) in [6.45, 7) is 3.33. The van der Waals surface area contributed by atoms with Gasteiger partial charge in [0.2, 0.25) is 11.8 Å². The van der Waals surface area contributed by atoms with Crippen LogP contribution < -0.4 is 10.6 Å². The zero-order chi connectivity index (χ0) is 14.9. The standard InChI is InChI=1S/C15H27N3O2S/c19-14(11-13-12-21-10-7-16-13)17-6-4-9-18-8-3-1-2-5-15(18)20/h13,16H,1-12H2,(H,17,19). The first-order chi connectivity index (χ1) is 10.3. The molecule has 0 radical (unpaired) electrons. The summed E-state index contributed by atoms with van der Waals surface area (Å²) in [5.41, 5.74) is 0. The Morgan fingerprint density at radius 3 is 3.10 bits per heavy atom. The van der Waals surface area contributed by atoms with Crippen LogP contribution in [0.15, 0.2) is 0 Å². The third kappa shape index (κ3) is 6.26. The van der Waals surface area contributed by atoms with Gasteiger partial charge in [-0.25, -0.2) is 0 Å². The molecule has 2 N–H and O–H groups in total. The van der Waals surface area contributed by atoms with Crippen LogP contribution in [0.4, 0.5) is 0 Å². The van der Waals surface area contributed by atoms with Gasteiger partial charge in [0.25, 0.3) is 0 Å². The van der Waals surface area contributed by atoms with Crippen LogP contribution in [0.1, 0.15) is 38.5 Å². The van der Waals surface area contributed by atoms with Crippen LogP contribution in [-0.2, 0) is 9.59 Å². The van der Waals surface area contributed by atoms with Crippen molar-refractivity contribution in [2.24, 2.45) is 0 Å². The average molecular weight is 313 g/mol. The van der Waals surface area contributed by atoms with Gasteiger partial charge in [0, 0.05) is 56.6 Å². The van der Waals surface area contributed by atoms with Crippen LogP contribution in [-0.4, -0.2) is 60.4 Å². The van der Waals surface area contributed by atoms with Crippen molar-refractivity contribution in [3.8, 4) is 0 Å². The largest absolute Gasteiger partial charge is 0.356 e. The lowest BCUT2D eigenvalue weighted by Gasteiger charge is -2.23. The Labute approximate surface area is 131 Å². The second-order valence-electron chi connectivity index (χ2n) is 5.83. The summed E-state index contributed by atoms with van der Waals surface area (Å²) in [6, 6.07) is 0.316. The minimum absolute atomic E-state index is 0.122. The lowest BCUT2D eigenvalue weighted by Crippen LogP contribution is -2.41. The van der Waals surface area contributed by atoms with Gasteiger partial charge in [0.15, 0.2) is 0 Å². The molecule has 2 aliphatic heterocycles. The van der Waals surface area contributed by atoms with E-state index >= 15 is 0 Å². The fourth-order valence-corrected chi connectivity index (χ4v) is 3.77. The predicted octanol–water partition coefficient (Wildman–Crippen LogP) is 0.990. The van der Waals surface area contributed by atoms with Crippen molar-refractivity contribution in [2.75, 3.05) is 37.7 Å². The minimum atomic E-state index is 0.122.